The van der Waals surface area contributed by atoms with Crippen molar-refractivity contribution in [3.8, 4) is 11.5 Å². The second kappa shape index (κ2) is 5.50. The third-order valence-electron chi connectivity index (χ3n) is 3.40. The third-order valence-corrected chi connectivity index (χ3v) is 3.40. The molecular formula is C14H19N3O3. The fourth-order valence-corrected chi connectivity index (χ4v) is 1.46. The van der Waals surface area contributed by atoms with E-state index in [1.165, 1.54) is 6.26 Å². The Morgan fingerprint density at radius 3 is 2.75 bits per heavy atom. The fourth-order valence-electron chi connectivity index (χ4n) is 1.46. The molecule has 108 valence electrons. The van der Waals surface area contributed by atoms with Crippen LogP contribution >= 0.6 is 0 Å². The van der Waals surface area contributed by atoms with Gasteiger partial charge in [0.1, 0.15) is 0 Å². The molecule has 1 amide bonds. The highest BCUT2D eigenvalue weighted by molar-refractivity contribution is 5.92. The lowest BCUT2D eigenvalue weighted by molar-refractivity contribution is 0.0910. The summed E-state index contributed by atoms with van der Waals surface area (Å²) in [6, 6.07) is 5.06. The van der Waals surface area contributed by atoms with Crippen LogP contribution in [0.2, 0.25) is 0 Å². The minimum Gasteiger partial charge on any atom is -0.461 e. The summed E-state index contributed by atoms with van der Waals surface area (Å²) in [7, 11) is 3.94. The molecule has 1 N–H and O–H groups in total. The van der Waals surface area contributed by atoms with Crippen LogP contribution in [0.25, 0.3) is 11.5 Å². The number of nitrogens with zero attached hydrogens (tertiary/aromatic N) is 2. The third kappa shape index (κ3) is 3.08. The molecule has 0 fully saturated rings. The van der Waals surface area contributed by atoms with E-state index in [0.29, 0.717) is 18.1 Å². The first-order chi connectivity index (χ1) is 9.40. The van der Waals surface area contributed by atoms with E-state index in [1.54, 1.807) is 18.2 Å². The number of aromatic nitrogens is 1. The van der Waals surface area contributed by atoms with Crippen LogP contribution in [0.4, 0.5) is 0 Å². The van der Waals surface area contributed by atoms with Crippen molar-refractivity contribution >= 4 is 5.91 Å². The maximum absolute atomic E-state index is 12.0. The summed E-state index contributed by atoms with van der Waals surface area (Å²) in [5, 5.41) is 6.60. The molecule has 6 heteroatoms. The maximum Gasteiger partial charge on any atom is 0.273 e. The molecule has 2 aromatic rings. The number of furan rings is 1. The van der Waals surface area contributed by atoms with Gasteiger partial charge in [0.15, 0.2) is 11.5 Å². The average molecular weight is 277 g/mol. The molecule has 0 bridgehead atoms. The van der Waals surface area contributed by atoms with Gasteiger partial charge in [-0.25, -0.2) is 0 Å². The van der Waals surface area contributed by atoms with Crippen molar-refractivity contribution in [3.05, 3.63) is 30.2 Å². The molecule has 0 saturated heterocycles. The van der Waals surface area contributed by atoms with Gasteiger partial charge in [0, 0.05) is 18.2 Å². The summed E-state index contributed by atoms with van der Waals surface area (Å²) in [6.07, 6.45) is 1.54. The van der Waals surface area contributed by atoms with Gasteiger partial charge in [-0.15, -0.1) is 0 Å². The highest BCUT2D eigenvalue weighted by Gasteiger charge is 2.22. The number of carbonyl (C=O) groups is 1. The van der Waals surface area contributed by atoms with Gasteiger partial charge in [-0.2, -0.15) is 0 Å². The van der Waals surface area contributed by atoms with E-state index in [2.05, 4.69) is 10.5 Å². The van der Waals surface area contributed by atoms with Crippen LogP contribution < -0.4 is 5.32 Å². The number of nitrogens with one attached hydrogen (secondary N) is 1. The molecule has 0 saturated carbocycles. The Morgan fingerprint density at radius 1 is 1.40 bits per heavy atom. The lowest BCUT2D eigenvalue weighted by Gasteiger charge is -2.32. The zero-order chi connectivity index (χ0) is 14.8. The van der Waals surface area contributed by atoms with Crippen LogP contribution in [0.1, 0.15) is 24.3 Å². The van der Waals surface area contributed by atoms with E-state index in [-0.39, 0.29) is 17.1 Å². The number of rotatable bonds is 5. The Morgan fingerprint density at radius 2 is 2.15 bits per heavy atom. The summed E-state index contributed by atoms with van der Waals surface area (Å²) in [6.45, 7) is 4.61. The van der Waals surface area contributed by atoms with Crippen molar-refractivity contribution in [3.63, 3.8) is 0 Å². The van der Waals surface area contributed by atoms with Gasteiger partial charge in [-0.1, -0.05) is 5.16 Å². The normalized spacial score (nSPS) is 11.8. The molecular weight excluding hydrogens is 258 g/mol. The van der Waals surface area contributed by atoms with Gasteiger partial charge in [0.25, 0.3) is 5.91 Å². The van der Waals surface area contributed by atoms with Crippen LogP contribution in [0.15, 0.2) is 33.4 Å². The summed E-state index contributed by atoms with van der Waals surface area (Å²) in [5.74, 6) is 0.721. The lowest BCUT2D eigenvalue weighted by Crippen LogP contribution is -2.48. The van der Waals surface area contributed by atoms with Crippen molar-refractivity contribution in [1.29, 1.82) is 0 Å². The van der Waals surface area contributed by atoms with Gasteiger partial charge in [0.2, 0.25) is 5.76 Å². The van der Waals surface area contributed by atoms with Crippen LogP contribution in [0.5, 0.6) is 0 Å². The number of carbonyl (C=O) groups excluding carboxylic acids is 1. The molecule has 0 aliphatic carbocycles. The first-order valence-electron chi connectivity index (χ1n) is 6.36. The average Bonchev–Trinajstić information content (AvgIpc) is 3.05. The fraction of sp³-hybridized carbons (Fsp3) is 0.429. The molecule has 0 radical (unpaired) electrons. The Hall–Kier alpha value is -2.08. The molecule has 0 spiro atoms. The molecule has 0 atom stereocenters. The first-order valence-corrected chi connectivity index (χ1v) is 6.36. The van der Waals surface area contributed by atoms with Crippen molar-refractivity contribution < 1.29 is 13.7 Å². The highest BCUT2D eigenvalue weighted by atomic mass is 16.5. The largest absolute Gasteiger partial charge is 0.461 e. The smallest absolute Gasteiger partial charge is 0.273 e. The molecule has 2 aromatic heterocycles. The van der Waals surface area contributed by atoms with Gasteiger partial charge in [-0.05, 0) is 40.1 Å². The van der Waals surface area contributed by atoms with E-state index in [4.69, 9.17) is 8.94 Å². The Bertz CT molecular complexity index is 570. The van der Waals surface area contributed by atoms with E-state index in [9.17, 15) is 4.79 Å². The monoisotopic (exact) mass is 277 g/mol. The van der Waals surface area contributed by atoms with Crippen molar-refractivity contribution in [1.82, 2.24) is 15.4 Å². The SMILES string of the molecule is CN(C)C(C)(C)CNC(=O)c1cc(-c2ccco2)on1. The predicted molar refractivity (Wildman–Crippen MR) is 74.3 cm³/mol. The Balaban J connectivity index is 2.00. The number of hydrogen-bond acceptors (Lipinski definition) is 5. The zero-order valence-electron chi connectivity index (χ0n) is 12.1. The van der Waals surface area contributed by atoms with Crippen LogP contribution in [-0.2, 0) is 0 Å². The predicted octanol–water partition coefficient (Wildman–Crippen LogP) is 2.00. The second-order valence-corrected chi connectivity index (χ2v) is 5.44. The topological polar surface area (TPSA) is 71.5 Å². The zero-order valence-corrected chi connectivity index (χ0v) is 12.1. The van der Waals surface area contributed by atoms with Crippen molar-refractivity contribution in [2.24, 2.45) is 0 Å². The minimum atomic E-state index is -0.263. The molecule has 0 aliphatic rings. The van der Waals surface area contributed by atoms with Crippen LogP contribution in [-0.4, -0.2) is 42.1 Å². The van der Waals surface area contributed by atoms with E-state index in [1.807, 2.05) is 32.8 Å². The van der Waals surface area contributed by atoms with Gasteiger partial charge >= 0.3 is 0 Å². The van der Waals surface area contributed by atoms with Gasteiger partial charge in [0.05, 0.1) is 6.26 Å². The molecule has 0 aromatic carbocycles. The maximum atomic E-state index is 12.0. The summed E-state index contributed by atoms with van der Waals surface area (Å²) in [4.78, 5) is 14.1. The number of hydrogen-bond donors (Lipinski definition) is 1. The summed E-state index contributed by atoms with van der Waals surface area (Å²) in [5.41, 5.74) is 0.106. The molecule has 6 nitrogen and oxygen atoms in total. The summed E-state index contributed by atoms with van der Waals surface area (Å²) >= 11 is 0. The molecule has 20 heavy (non-hydrogen) atoms. The van der Waals surface area contributed by atoms with Crippen LogP contribution in [0, 0.1) is 0 Å². The molecule has 0 unspecified atom stereocenters. The van der Waals surface area contributed by atoms with Crippen molar-refractivity contribution in [2.45, 2.75) is 19.4 Å². The van der Waals surface area contributed by atoms with Crippen molar-refractivity contribution in [2.75, 3.05) is 20.6 Å². The van der Waals surface area contributed by atoms with Crippen LogP contribution in [0.3, 0.4) is 0 Å². The Labute approximate surface area is 117 Å². The van der Waals surface area contributed by atoms with Gasteiger partial charge < -0.3 is 19.2 Å². The second-order valence-electron chi connectivity index (χ2n) is 5.44. The highest BCUT2D eigenvalue weighted by Crippen LogP contribution is 2.20. The van der Waals surface area contributed by atoms with E-state index in [0.717, 1.165) is 0 Å². The van der Waals surface area contributed by atoms with E-state index < -0.39 is 0 Å². The number of amides is 1. The first kappa shape index (κ1) is 14.3. The minimum absolute atomic E-state index is 0.136. The molecule has 0 aliphatic heterocycles. The van der Waals surface area contributed by atoms with Gasteiger partial charge in [-0.3, -0.25) is 4.79 Å². The molecule has 2 rings (SSSR count). The number of likely N-dealkylation sites (N-methyl/N-ethyl adjacent to an activating group) is 1. The lowest BCUT2D eigenvalue weighted by atomic mass is 10.0. The molecule has 2 heterocycles. The standard InChI is InChI=1S/C14H19N3O3/c1-14(2,17(3)4)9-15-13(18)10-8-12(20-16-10)11-6-5-7-19-11/h5-8H,9H2,1-4H3,(H,15,18). The summed E-state index contributed by atoms with van der Waals surface area (Å²) < 4.78 is 10.3. The Kier molecular flexibility index (Phi) is 3.94. The van der Waals surface area contributed by atoms with E-state index >= 15 is 0 Å². The quantitative estimate of drug-likeness (QED) is 0.905.